The van der Waals surface area contributed by atoms with Crippen molar-refractivity contribution in [2.24, 2.45) is 0 Å². The molecule has 2 heterocycles. The molecule has 2 atom stereocenters. The number of amides is 1. The van der Waals surface area contributed by atoms with E-state index in [1.54, 1.807) is 0 Å². The molecule has 3 heteroatoms. The number of carbonyl (C=O) groups is 1. The average molecular weight is 334 g/mol. The smallest absolute Gasteiger partial charge is 0.240 e. The Kier molecular flexibility index (Phi) is 4.84. The number of hydrogen-bond donors (Lipinski definition) is 0. The van der Waals surface area contributed by atoms with Gasteiger partial charge < -0.3 is 4.90 Å². The number of hydrogen-bond acceptors (Lipinski definition) is 2. The fraction of sp³-hybridized carbons (Fsp3) is 0.409. The second-order valence-corrected chi connectivity index (χ2v) is 7.24. The third-order valence-electron chi connectivity index (χ3n) is 5.63. The fourth-order valence-corrected chi connectivity index (χ4v) is 4.35. The van der Waals surface area contributed by atoms with Gasteiger partial charge in [0.25, 0.3) is 0 Å². The normalized spacial score (nSPS) is 23.9. The van der Waals surface area contributed by atoms with Crippen molar-refractivity contribution >= 4 is 5.91 Å². The molecular weight excluding hydrogens is 308 g/mol. The highest BCUT2D eigenvalue weighted by Crippen LogP contribution is 2.36. The SMILES string of the molecule is O=C([C@@H]1[C@H](c2ccccc2)CCN1Cc1ccccc1)N1CCCC1. The van der Waals surface area contributed by atoms with Crippen molar-refractivity contribution in [3.05, 3.63) is 71.8 Å². The first-order valence-electron chi connectivity index (χ1n) is 9.44. The van der Waals surface area contributed by atoms with Crippen LogP contribution in [0, 0.1) is 0 Å². The van der Waals surface area contributed by atoms with Crippen molar-refractivity contribution in [2.45, 2.75) is 37.8 Å². The van der Waals surface area contributed by atoms with Crippen LogP contribution in [0.4, 0.5) is 0 Å². The Hall–Kier alpha value is -2.13. The van der Waals surface area contributed by atoms with Gasteiger partial charge in [0.2, 0.25) is 5.91 Å². The lowest BCUT2D eigenvalue weighted by Crippen LogP contribution is -2.46. The molecule has 0 spiro atoms. The molecule has 2 saturated heterocycles. The highest BCUT2D eigenvalue weighted by Gasteiger charge is 2.42. The van der Waals surface area contributed by atoms with Gasteiger partial charge in [-0.15, -0.1) is 0 Å². The first kappa shape index (κ1) is 16.3. The Bertz CT molecular complexity index is 694. The molecule has 1 amide bonds. The van der Waals surface area contributed by atoms with Gasteiger partial charge in [-0.25, -0.2) is 0 Å². The Morgan fingerprint density at radius 3 is 2.20 bits per heavy atom. The second kappa shape index (κ2) is 7.40. The van der Waals surface area contributed by atoms with Gasteiger partial charge in [-0.05, 0) is 36.9 Å². The maximum absolute atomic E-state index is 13.3. The van der Waals surface area contributed by atoms with Gasteiger partial charge in [0, 0.05) is 25.6 Å². The predicted octanol–water partition coefficient (Wildman–Crippen LogP) is 3.67. The minimum Gasteiger partial charge on any atom is -0.341 e. The standard InChI is InChI=1S/C22H26N2O/c25-22(23-14-7-8-15-23)21-20(19-11-5-2-6-12-19)13-16-24(21)17-18-9-3-1-4-10-18/h1-6,9-12,20-21H,7-8,13-17H2/t20-,21-/m0/s1. The van der Waals surface area contributed by atoms with Gasteiger partial charge in [-0.2, -0.15) is 0 Å². The maximum atomic E-state index is 13.3. The van der Waals surface area contributed by atoms with Gasteiger partial charge >= 0.3 is 0 Å². The highest BCUT2D eigenvalue weighted by atomic mass is 16.2. The zero-order valence-corrected chi connectivity index (χ0v) is 14.7. The molecule has 0 aromatic heterocycles. The summed E-state index contributed by atoms with van der Waals surface area (Å²) < 4.78 is 0. The minimum absolute atomic E-state index is 0.0271. The summed E-state index contributed by atoms with van der Waals surface area (Å²) in [6.07, 6.45) is 3.35. The Morgan fingerprint density at radius 2 is 1.52 bits per heavy atom. The molecule has 0 radical (unpaired) electrons. The molecule has 2 aliphatic rings. The average Bonchev–Trinajstić information content (AvgIpc) is 3.33. The molecule has 3 nitrogen and oxygen atoms in total. The van der Waals surface area contributed by atoms with Crippen LogP contribution in [0.3, 0.4) is 0 Å². The molecule has 130 valence electrons. The molecule has 0 bridgehead atoms. The summed E-state index contributed by atoms with van der Waals surface area (Å²) >= 11 is 0. The van der Waals surface area contributed by atoms with Crippen LogP contribution in [0.1, 0.15) is 36.3 Å². The third kappa shape index (κ3) is 3.47. The summed E-state index contributed by atoms with van der Waals surface area (Å²) in [6, 6.07) is 21.1. The van der Waals surface area contributed by atoms with Crippen molar-refractivity contribution in [3.8, 4) is 0 Å². The van der Waals surface area contributed by atoms with Crippen molar-refractivity contribution in [1.29, 1.82) is 0 Å². The molecule has 2 aromatic rings. The zero-order chi connectivity index (χ0) is 17.1. The molecule has 0 unspecified atom stereocenters. The highest BCUT2D eigenvalue weighted by molar-refractivity contribution is 5.83. The van der Waals surface area contributed by atoms with Crippen LogP contribution in [0.15, 0.2) is 60.7 Å². The molecule has 2 fully saturated rings. The number of likely N-dealkylation sites (tertiary alicyclic amines) is 2. The second-order valence-electron chi connectivity index (χ2n) is 7.24. The van der Waals surface area contributed by atoms with Crippen molar-refractivity contribution in [3.63, 3.8) is 0 Å². The van der Waals surface area contributed by atoms with Crippen LogP contribution < -0.4 is 0 Å². The fourth-order valence-electron chi connectivity index (χ4n) is 4.35. The van der Waals surface area contributed by atoms with Crippen LogP contribution in [0.25, 0.3) is 0 Å². The lowest BCUT2D eigenvalue weighted by Gasteiger charge is -2.31. The van der Waals surface area contributed by atoms with E-state index in [9.17, 15) is 4.79 Å². The zero-order valence-electron chi connectivity index (χ0n) is 14.7. The van der Waals surface area contributed by atoms with Gasteiger partial charge in [-0.1, -0.05) is 60.7 Å². The van der Waals surface area contributed by atoms with Gasteiger partial charge in [0.05, 0.1) is 6.04 Å². The van der Waals surface area contributed by atoms with E-state index in [0.717, 1.165) is 45.4 Å². The van der Waals surface area contributed by atoms with Gasteiger partial charge in [0.1, 0.15) is 0 Å². The maximum Gasteiger partial charge on any atom is 0.240 e. The first-order valence-corrected chi connectivity index (χ1v) is 9.44. The van der Waals surface area contributed by atoms with E-state index >= 15 is 0 Å². The summed E-state index contributed by atoms with van der Waals surface area (Å²) in [5, 5.41) is 0. The third-order valence-corrected chi connectivity index (χ3v) is 5.63. The molecular formula is C22H26N2O. The van der Waals surface area contributed by atoms with Gasteiger partial charge in [0.15, 0.2) is 0 Å². The number of nitrogens with zero attached hydrogens (tertiary/aromatic N) is 2. The summed E-state index contributed by atoms with van der Waals surface area (Å²) in [5.74, 6) is 0.637. The van der Waals surface area contributed by atoms with E-state index < -0.39 is 0 Å². The van der Waals surface area contributed by atoms with Crippen molar-refractivity contribution in [2.75, 3.05) is 19.6 Å². The number of benzene rings is 2. The van der Waals surface area contributed by atoms with Crippen molar-refractivity contribution in [1.82, 2.24) is 9.80 Å². The minimum atomic E-state index is -0.0271. The predicted molar refractivity (Wildman–Crippen MR) is 100 cm³/mol. The Morgan fingerprint density at radius 1 is 0.880 bits per heavy atom. The molecule has 0 aliphatic carbocycles. The monoisotopic (exact) mass is 334 g/mol. The topological polar surface area (TPSA) is 23.6 Å². The van der Waals surface area contributed by atoms with E-state index in [1.807, 2.05) is 6.07 Å². The van der Waals surface area contributed by atoms with Crippen LogP contribution in [0.5, 0.6) is 0 Å². The molecule has 25 heavy (non-hydrogen) atoms. The molecule has 0 saturated carbocycles. The van der Waals surface area contributed by atoms with E-state index in [2.05, 4.69) is 64.4 Å². The van der Waals surface area contributed by atoms with Crippen molar-refractivity contribution < 1.29 is 4.79 Å². The first-order chi connectivity index (χ1) is 12.3. The summed E-state index contributed by atoms with van der Waals surface area (Å²) in [5.41, 5.74) is 2.59. The van der Waals surface area contributed by atoms with E-state index in [-0.39, 0.29) is 6.04 Å². The van der Waals surface area contributed by atoms with Gasteiger partial charge in [-0.3, -0.25) is 9.69 Å². The lowest BCUT2D eigenvalue weighted by atomic mass is 9.91. The van der Waals surface area contributed by atoms with Crippen LogP contribution in [-0.4, -0.2) is 41.4 Å². The Labute approximate surface area is 150 Å². The molecule has 2 aliphatic heterocycles. The largest absolute Gasteiger partial charge is 0.341 e. The lowest BCUT2D eigenvalue weighted by molar-refractivity contribution is -0.135. The quantitative estimate of drug-likeness (QED) is 0.852. The van der Waals surface area contributed by atoms with E-state index in [1.165, 1.54) is 11.1 Å². The van der Waals surface area contributed by atoms with Crippen LogP contribution >= 0.6 is 0 Å². The number of carbonyl (C=O) groups excluding carboxylic acids is 1. The van der Waals surface area contributed by atoms with Crippen LogP contribution in [0.2, 0.25) is 0 Å². The van der Waals surface area contributed by atoms with Crippen LogP contribution in [-0.2, 0) is 11.3 Å². The Balaban J connectivity index is 1.60. The molecule has 0 N–H and O–H groups in total. The summed E-state index contributed by atoms with van der Waals surface area (Å²) in [4.78, 5) is 17.8. The number of rotatable bonds is 4. The molecule has 4 rings (SSSR count). The summed E-state index contributed by atoms with van der Waals surface area (Å²) in [7, 11) is 0. The van der Waals surface area contributed by atoms with E-state index in [4.69, 9.17) is 0 Å². The summed E-state index contributed by atoms with van der Waals surface area (Å²) in [6.45, 7) is 3.69. The molecule has 2 aromatic carbocycles. The van der Waals surface area contributed by atoms with E-state index in [0.29, 0.717) is 11.8 Å².